The third kappa shape index (κ3) is 7.23. The van der Waals surface area contributed by atoms with Gasteiger partial charge in [-0.2, -0.15) is 0 Å². The van der Waals surface area contributed by atoms with Crippen LogP contribution >= 0.6 is 0 Å². The maximum atomic E-state index is 11.0. The number of anilines is 4. The Bertz CT molecular complexity index is 987. The Labute approximate surface area is 199 Å². The minimum Gasteiger partial charge on any atom is -0.399 e. The summed E-state index contributed by atoms with van der Waals surface area (Å²) in [6, 6.07) is 10.2. The first-order chi connectivity index (χ1) is 16.3. The molecule has 4 rings (SSSR count). The van der Waals surface area contributed by atoms with E-state index in [4.69, 9.17) is 11.5 Å². The van der Waals surface area contributed by atoms with Crippen molar-refractivity contribution < 1.29 is 9.85 Å². The zero-order chi connectivity index (χ0) is 24.5. The summed E-state index contributed by atoms with van der Waals surface area (Å²) in [6.07, 6.45) is 11.9. The first-order valence-corrected chi connectivity index (χ1v) is 11.9. The van der Waals surface area contributed by atoms with Crippen LogP contribution in [0.25, 0.3) is 0 Å². The van der Waals surface area contributed by atoms with E-state index >= 15 is 0 Å². The summed E-state index contributed by atoms with van der Waals surface area (Å²) in [5.41, 5.74) is 13.9. The molecule has 0 aromatic heterocycles. The van der Waals surface area contributed by atoms with Gasteiger partial charge in [-0.1, -0.05) is 38.5 Å². The van der Waals surface area contributed by atoms with Crippen LogP contribution in [0, 0.1) is 20.2 Å². The number of nitro benzene ring substituents is 2. The number of non-ortho nitro benzene ring substituents is 1. The highest BCUT2D eigenvalue weighted by Gasteiger charge is 2.22. The van der Waals surface area contributed by atoms with Crippen LogP contribution in [0.1, 0.15) is 64.2 Å². The Morgan fingerprint density at radius 2 is 1.24 bits per heavy atom. The van der Waals surface area contributed by atoms with Crippen molar-refractivity contribution in [1.29, 1.82) is 0 Å². The van der Waals surface area contributed by atoms with Crippen molar-refractivity contribution in [3.05, 3.63) is 56.6 Å². The standard InChI is InChI=1S/C12H15N3O4.C12H19N3/c16-14(17)10-6-7-11(12(8-10)15(18)19)13-9-4-2-1-3-5-9;13-9-6-7-12(11(14)8-9)15-10-4-2-1-3-5-10/h6-9,13H,1-5H2;6-8,10,15H,1-5,13-14H2. The summed E-state index contributed by atoms with van der Waals surface area (Å²) < 4.78 is 0. The van der Waals surface area contributed by atoms with Gasteiger partial charge in [0.15, 0.2) is 0 Å². The number of hydrogen-bond acceptors (Lipinski definition) is 8. The van der Waals surface area contributed by atoms with Gasteiger partial charge in [-0.3, -0.25) is 20.2 Å². The summed E-state index contributed by atoms with van der Waals surface area (Å²) in [5, 5.41) is 28.2. The number of nitrogens with two attached hydrogens (primary N) is 2. The summed E-state index contributed by atoms with van der Waals surface area (Å²) in [6.45, 7) is 0. The van der Waals surface area contributed by atoms with Crippen LogP contribution in [0.2, 0.25) is 0 Å². The second-order valence-electron chi connectivity index (χ2n) is 9.02. The van der Waals surface area contributed by atoms with Crippen LogP contribution in [0.5, 0.6) is 0 Å². The van der Waals surface area contributed by atoms with Crippen molar-refractivity contribution in [3.8, 4) is 0 Å². The highest BCUT2D eigenvalue weighted by atomic mass is 16.6. The fourth-order valence-electron chi connectivity index (χ4n) is 4.55. The highest BCUT2D eigenvalue weighted by Crippen LogP contribution is 2.31. The lowest BCUT2D eigenvalue weighted by atomic mass is 9.95. The van der Waals surface area contributed by atoms with E-state index in [2.05, 4.69) is 10.6 Å². The highest BCUT2D eigenvalue weighted by molar-refractivity contribution is 5.71. The molecular weight excluding hydrogens is 436 g/mol. The maximum Gasteiger partial charge on any atom is 0.299 e. The number of nitrogens with zero attached hydrogens (tertiary/aromatic N) is 2. The summed E-state index contributed by atoms with van der Waals surface area (Å²) in [4.78, 5) is 20.4. The Morgan fingerprint density at radius 3 is 1.74 bits per heavy atom. The maximum absolute atomic E-state index is 11.0. The van der Waals surface area contributed by atoms with Crippen molar-refractivity contribution in [3.63, 3.8) is 0 Å². The van der Waals surface area contributed by atoms with Gasteiger partial charge in [-0.15, -0.1) is 0 Å². The van der Waals surface area contributed by atoms with E-state index in [9.17, 15) is 20.2 Å². The summed E-state index contributed by atoms with van der Waals surface area (Å²) in [7, 11) is 0. The van der Waals surface area contributed by atoms with Gasteiger partial charge in [0.1, 0.15) is 5.69 Å². The molecule has 2 aromatic carbocycles. The quantitative estimate of drug-likeness (QED) is 0.232. The van der Waals surface area contributed by atoms with Gasteiger partial charge in [-0.25, -0.2) is 0 Å². The van der Waals surface area contributed by atoms with E-state index in [1.54, 1.807) is 0 Å². The smallest absolute Gasteiger partial charge is 0.299 e. The van der Waals surface area contributed by atoms with E-state index in [1.165, 1.54) is 50.7 Å². The molecule has 0 bridgehead atoms. The molecular formula is C24H34N6O4. The summed E-state index contributed by atoms with van der Waals surface area (Å²) in [5.74, 6) is 0. The van der Waals surface area contributed by atoms with Crippen LogP contribution in [-0.2, 0) is 0 Å². The molecule has 34 heavy (non-hydrogen) atoms. The SMILES string of the molecule is Nc1ccc(NC2CCCCC2)c(N)c1.O=[N+]([O-])c1ccc(NC2CCCCC2)c([N+](=O)[O-])c1. The Kier molecular flexibility index (Phi) is 8.89. The molecule has 2 aromatic rings. The fourth-order valence-corrected chi connectivity index (χ4v) is 4.55. The summed E-state index contributed by atoms with van der Waals surface area (Å²) >= 11 is 0. The van der Waals surface area contributed by atoms with Crippen molar-refractivity contribution in [2.24, 2.45) is 0 Å². The Morgan fingerprint density at radius 1 is 0.706 bits per heavy atom. The third-order valence-corrected chi connectivity index (χ3v) is 6.39. The van der Waals surface area contributed by atoms with Crippen LogP contribution in [0.4, 0.5) is 34.1 Å². The van der Waals surface area contributed by atoms with E-state index < -0.39 is 9.85 Å². The lowest BCUT2D eigenvalue weighted by molar-refractivity contribution is -0.393. The third-order valence-electron chi connectivity index (χ3n) is 6.39. The molecule has 6 N–H and O–H groups in total. The van der Waals surface area contributed by atoms with Gasteiger partial charge in [-0.05, 0) is 49.9 Å². The first kappa shape index (κ1) is 25.1. The van der Waals surface area contributed by atoms with Crippen LogP contribution < -0.4 is 22.1 Å². The zero-order valence-electron chi connectivity index (χ0n) is 19.4. The normalized spacial score (nSPS) is 16.7. The lowest BCUT2D eigenvalue weighted by Crippen LogP contribution is -2.22. The van der Waals surface area contributed by atoms with Gasteiger partial charge < -0.3 is 22.1 Å². The minimum atomic E-state index is -0.628. The molecule has 0 saturated heterocycles. The van der Waals surface area contributed by atoms with Crippen LogP contribution in [-0.4, -0.2) is 21.9 Å². The molecule has 0 aliphatic heterocycles. The monoisotopic (exact) mass is 470 g/mol. The molecule has 2 fully saturated rings. The molecule has 2 saturated carbocycles. The van der Waals surface area contributed by atoms with Crippen molar-refractivity contribution in [2.45, 2.75) is 76.3 Å². The molecule has 0 atom stereocenters. The topological polar surface area (TPSA) is 162 Å². The predicted molar refractivity (Wildman–Crippen MR) is 136 cm³/mol. The molecule has 2 aliphatic carbocycles. The first-order valence-electron chi connectivity index (χ1n) is 11.9. The zero-order valence-corrected chi connectivity index (χ0v) is 19.4. The van der Waals surface area contributed by atoms with Crippen LogP contribution in [0.3, 0.4) is 0 Å². The Hall–Kier alpha value is -3.56. The molecule has 10 nitrogen and oxygen atoms in total. The fraction of sp³-hybridized carbons (Fsp3) is 0.500. The molecule has 0 spiro atoms. The molecule has 0 heterocycles. The van der Waals surface area contributed by atoms with E-state index in [0.29, 0.717) is 11.7 Å². The average molecular weight is 471 g/mol. The van der Waals surface area contributed by atoms with Gasteiger partial charge in [0.2, 0.25) is 0 Å². The number of hydrogen-bond donors (Lipinski definition) is 4. The van der Waals surface area contributed by atoms with Gasteiger partial charge in [0.25, 0.3) is 11.4 Å². The van der Waals surface area contributed by atoms with Crippen LogP contribution in [0.15, 0.2) is 36.4 Å². The van der Waals surface area contributed by atoms with E-state index in [-0.39, 0.29) is 17.4 Å². The van der Waals surface area contributed by atoms with Gasteiger partial charge >= 0.3 is 0 Å². The van der Waals surface area contributed by atoms with Crippen molar-refractivity contribution >= 4 is 34.1 Å². The number of nitro groups is 2. The van der Waals surface area contributed by atoms with Gasteiger partial charge in [0, 0.05) is 23.8 Å². The second kappa shape index (κ2) is 12.1. The average Bonchev–Trinajstić information content (AvgIpc) is 2.83. The second-order valence-corrected chi connectivity index (χ2v) is 9.02. The molecule has 0 radical (unpaired) electrons. The van der Waals surface area contributed by atoms with Crippen molar-refractivity contribution in [1.82, 2.24) is 0 Å². The number of nitrogens with one attached hydrogen (secondary N) is 2. The predicted octanol–water partition coefficient (Wildman–Crippen LogP) is 5.84. The van der Waals surface area contributed by atoms with Gasteiger partial charge in [0.05, 0.1) is 27.3 Å². The van der Waals surface area contributed by atoms with Crippen molar-refractivity contribution in [2.75, 3.05) is 22.1 Å². The lowest BCUT2D eigenvalue weighted by Gasteiger charge is -2.24. The van der Waals surface area contributed by atoms with E-state index in [1.807, 2.05) is 18.2 Å². The number of nitrogen functional groups attached to an aromatic ring is 2. The molecule has 0 amide bonds. The molecule has 0 unspecified atom stereocenters. The molecule has 184 valence electrons. The molecule has 2 aliphatic rings. The number of benzene rings is 2. The minimum absolute atomic E-state index is 0.217. The van der Waals surface area contributed by atoms with E-state index in [0.717, 1.165) is 48.8 Å². The largest absolute Gasteiger partial charge is 0.399 e. The molecule has 10 heteroatoms. The Balaban J connectivity index is 0.000000196. The number of rotatable bonds is 6.